The van der Waals surface area contributed by atoms with Gasteiger partial charge in [0.15, 0.2) is 0 Å². The molecule has 20 heavy (non-hydrogen) atoms. The van der Waals surface area contributed by atoms with Gasteiger partial charge in [0, 0.05) is 29.5 Å². The lowest BCUT2D eigenvalue weighted by Crippen LogP contribution is -2.33. The molecule has 1 aromatic rings. The van der Waals surface area contributed by atoms with E-state index < -0.39 is 10.7 Å². The van der Waals surface area contributed by atoms with Gasteiger partial charge in [-0.2, -0.15) is 11.8 Å². The molecule has 1 fully saturated rings. The Morgan fingerprint density at radius 1 is 1.50 bits per heavy atom. The standard InChI is InChI=1S/C14H19FN2O2S/c1-2-20-14-5-3-4-12(14)16-9-10-8-11(15)6-7-13(10)17(18)19/h6-8,12,14,16H,2-5,9H2,1H3. The number of nitro benzene ring substituents is 1. The van der Waals surface area contributed by atoms with Crippen molar-refractivity contribution in [3.8, 4) is 0 Å². The molecule has 0 aromatic heterocycles. The second-order valence-corrected chi connectivity index (χ2v) is 6.46. The molecule has 6 heteroatoms. The molecule has 0 amide bonds. The summed E-state index contributed by atoms with van der Waals surface area (Å²) in [5, 5.41) is 14.9. The summed E-state index contributed by atoms with van der Waals surface area (Å²) < 4.78 is 13.3. The quantitative estimate of drug-likeness (QED) is 0.645. The number of nitrogens with one attached hydrogen (secondary N) is 1. The predicted octanol–water partition coefficient (Wildman–Crippen LogP) is 3.50. The predicted molar refractivity (Wildman–Crippen MR) is 79.5 cm³/mol. The second-order valence-electron chi connectivity index (χ2n) is 4.94. The van der Waals surface area contributed by atoms with E-state index >= 15 is 0 Å². The lowest BCUT2D eigenvalue weighted by molar-refractivity contribution is -0.385. The molecule has 0 bridgehead atoms. The van der Waals surface area contributed by atoms with Crippen LogP contribution in [-0.4, -0.2) is 22.0 Å². The molecule has 1 saturated carbocycles. The molecule has 0 aliphatic heterocycles. The molecular weight excluding hydrogens is 279 g/mol. The van der Waals surface area contributed by atoms with E-state index in [1.165, 1.54) is 25.0 Å². The van der Waals surface area contributed by atoms with E-state index in [9.17, 15) is 14.5 Å². The van der Waals surface area contributed by atoms with Crippen molar-refractivity contribution in [2.24, 2.45) is 0 Å². The largest absolute Gasteiger partial charge is 0.309 e. The zero-order valence-corrected chi connectivity index (χ0v) is 12.3. The van der Waals surface area contributed by atoms with E-state index in [-0.39, 0.29) is 5.69 Å². The first-order chi connectivity index (χ1) is 9.61. The SMILES string of the molecule is CCSC1CCCC1NCc1cc(F)ccc1[N+](=O)[O-]. The van der Waals surface area contributed by atoms with Crippen LogP contribution in [0.2, 0.25) is 0 Å². The topological polar surface area (TPSA) is 55.2 Å². The Balaban J connectivity index is 2.03. The van der Waals surface area contributed by atoms with Gasteiger partial charge in [-0.3, -0.25) is 10.1 Å². The van der Waals surface area contributed by atoms with E-state index in [1.54, 1.807) is 0 Å². The van der Waals surface area contributed by atoms with Gasteiger partial charge in [-0.1, -0.05) is 13.3 Å². The molecule has 0 spiro atoms. The molecule has 1 N–H and O–H groups in total. The molecule has 0 radical (unpaired) electrons. The van der Waals surface area contributed by atoms with E-state index in [0.29, 0.717) is 23.4 Å². The van der Waals surface area contributed by atoms with Crippen LogP contribution in [0.1, 0.15) is 31.7 Å². The molecule has 4 nitrogen and oxygen atoms in total. The number of thioether (sulfide) groups is 1. The Hall–Kier alpha value is -1.14. The van der Waals surface area contributed by atoms with E-state index in [0.717, 1.165) is 18.2 Å². The van der Waals surface area contributed by atoms with E-state index in [1.807, 2.05) is 11.8 Å². The number of hydrogen-bond donors (Lipinski definition) is 1. The highest BCUT2D eigenvalue weighted by molar-refractivity contribution is 7.99. The normalized spacial score (nSPS) is 22.1. The van der Waals surface area contributed by atoms with Gasteiger partial charge < -0.3 is 5.32 Å². The maximum absolute atomic E-state index is 13.3. The molecule has 110 valence electrons. The molecule has 2 atom stereocenters. The first-order valence-corrected chi connectivity index (χ1v) is 7.94. The van der Waals surface area contributed by atoms with Gasteiger partial charge in [-0.05, 0) is 30.7 Å². The average Bonchev–Trinajstić information content (AvgIpc) is 2.84. The van der Waals surface area contributed by atoms with Gasteiger partial charge in [0.2, 0.25) is 0 Å². The van der Waals surface area contributed by atoms with Crippen LogP contribution < -0.4 is 5.32 Å². The van der Waals surface area contributed by atoms with Crippen LogP contribution in [0, 0.1) is 15.9 Å². The maximum Gasteiger partial charge on any atom is 0.274 e. The van der Waals surface area contributed by atoms with Gasteiger partial charge in [0.1, 0.15) is 5.82 Å². The lowest BCUT2D eigenvalue weighted by atomic mass is 10.1. The van der Waals surface area contributed by atoms with Crippen molar-refractivity contribution in [3.63, 3.8) is 0 Å². The highest BCUT2D eigenvalue weighted by Crippen LogP contribution is 2.30. The van der Waals surface area contributed by atoms with Crippen LogP contribution in [0.5, 0.6) is 0 Å². The number of halogens is 1. The van der Waals surface area contributed by atoms with Crippen molar-refractivity contribution in [1.82, 2.24) is 5.32 Å². The first-order valence-electron chi connectivity index (χ1n) is 6.89. The van der Waals surface area contributed by atoms with Crippen molar-refractivity contribution in [2.45, 2.75) is 44.0 Å². The Kier molecular flexibility index (Phi) is 5.37. The van der Waals surface area contributed by atoms with Crippen molar-refractivity contribution in [3.05, 3.63) is 39.7 Å². The maximum atomic E-state index is 13.3. The third-order valence-corrected chi connectivity index (χ3v) is 4.95. The van der Waals surface area contributed by atoms with Crippen LogP contribution in [0.15, 0.2) is 18.2 Å². The average molecular weight is 298 g/mol. The van der Waals surface area contributed by atoms with Crippen molar-refractivity contribution < 1.29 is 9.31 Å². The molecule has 1 aromatic carbocycles. The highest BCUT2D eigenvalue weighted by Gasteiger charge is 2.27. The Morgan fingerprint density at radius 2 is 2.30 bits per heavy atom. The summed E-state index contributed by atoms with van der Waals surface area (Å²) in [7, 11) is 0. The monoisotopic (exact) mass is 298 g/mol. The van der Waals surface area contributed by atoms with Gasteiger partial charge in [0.05, 0.1) is 4.92 Å². The van der Waals surface area contributed by atoms with Crippen LogP contribution in [0.4, 0.5) is 10.1 Å². The summed E-state index contributed by atoms with van der Waals surface area (Å²) in [6.45, 7) is 2.48. The molecule has 0 heterocycles. The second kappa shape index (κ2) is 7.04. The number of rotatable bonds is 6. The Labute approximate surface area is 122 Å². The first kappa shape index (κ1) is 15.3. The van der Waals surface area contributed by atoms with E-state index in [4.69, 9.17) is 0 Å². The summed E-state index contributed by atoms with van der Waals surface area (Å²) in [4.78, 5) is 10.5. The minimum Gasteiger partial charge on any atom is -0.309 e. The van der Waals surface area contributed by atoms with Gasteiger partial charge in [-0.25, -0.2) is 4.39 Å². The fourth-order valence-corrected chi connectivity index (χ4v) is 3.91. The zero-order valence-electron chi connectivity index (χ0n) is 11.5. The Morgan fingerprint density at radius 3 is 3.00 bits per heavy atom. The molecule has 1 aliphatic carbocycles. The lowest BCUT2D eigenvalue weighted by Gasteiger charge is -2.20. The summed E-state index contributed by atoms with van der Waals surface area (Å²) in [5.74, 6) is 0.640. The Bertz CT molecular complexity index is 484. The third-order valence-electron chi connectivity index (χ3n) is 3.63. The van der Waals surface area contributed by atoms with Crippen LogP contribution in [0.25, 0.3) is 0 Å². The summed E-state index contributed by atoms with van der Waals surface area (Å²) >= 11 is 1.93. The van der Waals surface area contributed by atoms with Crippen molar-refractivity contribution in [2.75, 3.05) is 5.75 Å². The molecule has 0 saturated heterocycles. The van der Waals surface area contributed by atoms with Gasteiger partial charge in [-0.15, -0.1) is 0 Å². The minimum atomic E-state index is -0.455. The van der Waals surface area contributed by atoms with Gasteiger partial charge in [0.25, 0.3) is 5.69 Å². The fraction of sp³-hybridized carbons (Fsp3) is 0.571. The van der Waals surface area contributed by atoms with Gasteiger partial charge >= 0.3 is 0 Å². The molecule has 1 aliphatic rings. The van der Waals surface area contributed by atoms with Crippen LogP contribution in [-0.2, 0) is 6.54 Å². The number of benzene rings is 1. The summed E-state index contributed by atoms with van der Waals surface area (Å²) in [6.07, 6.45) is 3.45. The van der Waals surface area contributed by atoms with Crippen molar-refractivity contribution in [1.29, 1.82) is 0 Å². The highest BCUT2D eigenvalue weighted by atomic mass is 32.2. The van der Waals surface area contributed by atoms with E-state index in [2.05, 4.69) is 12.2 Å². The van der Waals surface area contributed by atoms with Crippen LogP contribution in [0.3, 0.4) is 0 Å². The minimum absolute atomic E-state index is 0.0170. The molecular formula is C14H19FN2O2S. The third kappa shape index (κ3) is 3.70. The number of hydrogen-bond acceptors (Lipinski definition) is 4. The smallest absolute Gasteiger partial charge is 0.274 e. The number of nitro groups is 1. The molecule has 2 rings (SSSR count). The zero-order chi connectivity index (χ0) is 14.5. The number of nitrogens with zero attached hydrogens (tertiary/aromatic N) is 1. The summed E-state index contributed by atoms with van der Waals surface area (Å²) in [6, 6.07) is 3.98. The summed E-state index contributed by atoms with van der Waals surface area (Å²) in [5.41, 5.74) is 0.402. The van der Waals surface area contributed by atoms with Crippen LogP contribution >= 0.6 is 11.8 Å². The fourth-order valence-electron chi connectivity index (χ4n) is 2.69. The van der Waals surface area contributed by atoms with Crippen molar-refractivity contribution >= 4 is 17.4 Å². The molecule has 2 unspecified atom stereocenters.